The maximum atomic E-state index is 12.6. The van der Waals surface area contributed by atoms with E-state index in [1.165, 1.54) is 12.1 Å². The van der Waals surface area contributed by atoms with Crippen molar-refractivity contribution >= 4 is 5.91 Å². The number of pyridine rings is 1. The molecule has 1 aliphatic heterocycles. The number of aromatic nitrogens is 2. The summed E-state index contributed by atoms with van der Waals surface area (Å²) in [6, 6.07) is 10.9. The molecule has 1 aliphatic rings. The van der Waals surface area contributed by atoms with Crippen LogP contribution in [0.15, 0.2) is 48.7 Å². The van der Waals surface area contributed by atoms with E-state index < -0.39 is 11.7 Å². The van der Waals surface area contributed by atoms with Gasteiger partial charge in [0.05, 0.1) is 11.1 Å². The Balaban J connectivity index is 1.48. The first-order valence-corrected chi connectivity index (χ1v) is 9.02. The van der Waals surface area contributed by atoms with Gasteiger partial charge in [-0.25, -0.2) is 0 Å². The SMILES string of the molecule is O=C1NCCc2[nH]c(-c3ccnc(CCc4ccc(C(F)(F)F)cc4)c3)cc21. The third-order valence-electron chi connectivity index (χ3n) is 4.88. The lowest BCUT2D eigenvalue weighted by Gasteiger charge is -2.11. The summed E-state index contributed by atoms with van der Waals surface area (Å²) in [5, 5.41) is 2.82. The Morgan fingerprint density at radius 1 is 1.04 bits per heavy atom. The molecule has 7 heteroatoms. The molecule has 1 aromatic carbocycles. The first-order valence-electron chi connectivity index (χ1n) is 9.02. The number of amides is 1. The molecule has 2 aromatic heterocycles. The van der Waals surface area contributed by atoms with Crippen LogP contribution in [0.5, 0.6) is 0 Å². The van der Waals surface area contributed by atoms with Crippen molar-refractivity contribution in [2.45, 2.75) is 25.4 Å². The fourth-order valence-corrected chi connectivity index (χ4v) is 3.36. The lowest BCUT2D eigenvalue weighted by atomic mass is 10.0. The predicted octanol–water partition coefficient (Wildman–Crippen LogP) is 4.17. The Hall–Kier alpha value is -3.09. The molecule has 3 aromatic rings. The van der Waals surface area contributed by atoms with Gasteiger partial charge in [0.25, 0.3) is 5.91 Å². The lowest BCUT2D eigenvalue weighted by Crippen LogP contribution is -2.31. The normalized spacial score (nSPS) is 13.9. The molecule has 0 radical (unpaired) electrons. The van der Waals surface area contributed by atoms with Crippen molar-refractivity contribution in [3.8, 4) is 11.3 Å². The van der Waals surface area contributed by atoms with E-state index >= 15 is 0 Å². The van der Waals surface area contributed by atoms with Crippen LogP contribution in [0.1, 0.15) is 32.9 Å². The highest BCUT2D eigenvalue weighted by Gasteiger charge is 2.29. The van der Waals surface area contributed by atoms with Gasteiger partial charge in [-0.2, -0.15) is 13.2 Å². The van der Waals surface area contributed by atoms with E-state index in [0.29, 0.717) is 24.9 Å². The van der Waals surface area contributed by atoms with Crippen LogP contribution in [0.4, 0.5) is 13.2 Å². The van der Waals surface area contributed by atoms with Crippen LogP contribution in [-0.2, 0) is 25.4 Å². The molecule has 3 heterocycles. The van der Waals surface area contributed by atoms with Gasteiger partial charge >= 0.3 is 6.18 Å². The minimum absolute atomic E-state index is 0.0691. The van der Waals surface area contributed by atoms with Gasteiger partial charge < -0.3 is 10.3 Å². The molecule has 0 unspecified atom stereocenters. The molecule has 0 atom stereocenters. The molecule has 0 bridgehead atoms. The highest BCUT2D eigenvalue weighted by molar-refractivity contribution is 5.97. The standard InChI is InChI=1S/C21H18F3N3O/c22-21(23,24)15-4-1-13(2-5-15)3-6-16-11-14(7-9-25-16)19-12-17-18(27-19)8-10-26-20(17)28/h1-2,4-5,7,9,11-12,27H,3,6,8,10H2,(H,26,28). The third-order valence-corrected chi connectivity index (χ3v) is 4.88. The minimum Gasteiger partial charge on any atom is -0.358 e. The van der Waals surface area contributed by atoms with Gasteiger partial charge in [0.15, 0.2) is 0 Å². The molecular weight excluding hydrogens is 367 g/mol. The second-order valence-corrected chi connectivity index (χ2v) is 6.81. The number of hydrogen-bond donors (Lipinski definition) is 2. The van der Waals surface area contributed by atoms with E-state index in [2.05, 4.69) is 15.3 Å². The second-order valence-electron chi connectivity index (χ2n) is 6.81. The maximum absolute atomic E-state index is 12.6. The zero-order chi connectivity index (χ0) is 19.7. The summed E-state index contributed by atoms with van der Waals surface area (Å²) in [5.74, 6) is -0.0691. The first kappa shape index (κ1) is 18.3. The number of halogens is 3. The summed E-state index contributed by atoms with van der Waals surface area (Å²) < 4.78 is 37.9. The van der Waals surface area contributed by atoms with Crippen molar-refractivity contribution in [2.75, 3.05) is 6.54 Å². The Kier molecular flexibility index (Phi) is 4.66. The number of fused-ring (bicyclic) bond motifs is 1. The molecule has 2 N–H and O–H groups in total. The highest BCUT2D eigenvalue weighted by atomic mass is 19.4. The summed E-state index contributed by atoms with van der Waals surface area (Å²) in [6.07, 6.45) is -0.636. The van der Waals surface area contributed by atoms with Crippen LogP contribution in [0.25, 0.3) is 11.3 Å². The number of carbonyl (C=O) groups is 1. The van der Waals surface area contributed by atoms with Crippen LogP contribution in [0.2, 0.25) is 0 Å². The molecule has 1 amide bonds. The topological polar surface area (TPSA) is 57.8 Å². The maximum Gasteiger partial charge on any atom is 0.416 e. The van der Waals surface area contributed by atoms with E-state index in [9.17, 15) is 18.0 Å². The number of rotatable bonds is 4. The van der Waals surface area contributed by atoms with Crippen molar-refractivity contribution in [1.29, 1.82) is 0 Å². The smallest absolute Gasteiger partial charge is 0.358 e. The summed E-state index contributed by atoms with van der Waals surface area (Å²) in [6.45, 7) is 0.626. The number of hydrogen-bond acceptors (Lipinski definition) is 2. The van der Waals surface area contributed by atoms with Crippen molar-refractivity contribution in [2.24, 2.45) is 0 Å². The number of nitrogens with zero attached hydrogens (tertiary/aromatic N) is 1. The Morgan fingerprint density at radius 2 is 1.82 bits per heavy atom. The third kappa shape index (κ3) is 3.78. The van der Waals surface area contributed by atoms with Gasteiger partial charge in [0.1, 0.15) is 0 Å². The molecule has 4 rings (SSSR count). The van der Waals surface area contributed by atoms with Crippen molar-refractivity contribution in [1.82, 2.24) is 15.3 Å². The fraction of sp³-hybridized carbons (Fsp3) is 0.238. The van der Waals surface area contributed by atoms with Crippen LogP contribution in [-0.4, -0.2) is 22.4 Å². The van der Waals surface area contributed by atoms with Crippen LogP contribution >= 0.6 is 0 Å². The molecular formula is C21H18F3N3O. The van der Waals surface area contributed by atoms with Crippen molar-refractivity contribution in [3.05, 3.63) is 76.7 Å². The van der Waals surface area contributed by atoms with E-state index in [0.717, 1.165) is 46.8 Å². The van der Waals surface area contributed by atoms with Gasteiger partial charge in [-0.15, -0.1) is 0 Å². The summed E-state index contributed by atoms with van der Waals surface area (Å²) in [5.41, 5.74) is 4.42. The number of aryl methyl sites for hydroxylation is 2. The average molecular weight is 385 g/mol. The molecule has 0 saturated carbocycles. The van der Waals surface area contributed by atoms with Crippen molar-refractivity contribution < 1.29 is 18.0 Å². The summed E-state index contributed by atoms with van der Waals surface area (Å²) >= 11 is 0. The van der Waals surface area contributed by atoms with Gasteiger partial charge in [-0.05, 0) is 48.7 Å². The quantitative estimate of drug-likeness (QED) is 0.708. The predicted molar refractivity (Wildman–Crippen MR) is 98.9 cm³/mol. The molecule has 4 nitrogen and oxygen atoms in total. The zero-order valence-electron chi connectivity index (χ0n) is 14.9. The highest BCUT2D eigenvalue weighted by Crippen LogP contribution is 2.29. The first-order chi connectivity index (χ1) is 13.4. The Labute approximate surface area is 159 Å². The number of carbonyl (C=O) groups excluding carboxylic acids is 1. The van der Waals surface area contributed by atoms with Crippen LogP contribution in [0.3, 0.4) is 0 Å². The molecule has 0 aliphatic carbocycles. The van der Waals surface area contributed by atoms with Crippen LogP contribution in [0, 0.1) is 0 Å². The van der Waals surface area contributed by atoms with Gasteiger partial charge in [0, 0.05) is 41.8 Å². The van der Waals surface area contributed by atoms with E-state index in [-0.39, 0.29) is 5.91 Å². The number of alkyl halides is 3. The zero-order valence-corrected chi connectivity index (χ0v) is 14.9. The molecule has 0 saturated heterocycles. The lowest BCUT2D eigenvalue weighted by molar-refractivity contribution is -0.137. The summed E-state index contributed by atoms with van der Waals surface area (Å²) in [7, 11) is 0. The minimum atomic E-state index is -4.32. The number of H-pyrrole nitrogens is 1. The average Bonchev–Trinajstić information content (AvgIpc) is 3.12. The second kappa shape index (κ2) is 7.14. The molecule has 0 fully saturated rings. The van der Waals surface area contributed by atoms with E-state index in [4.69, 9.17) is 0 Å². The Bertz CT molecular complexity index is 1010. The van der Waals surface area contributed by atoms with Gasteiger partial charge in [-0.3, -0.25) is 9.78 Å². The summed E-state index contributed by atoms with van der Waals surface area (Å²) in [4.78, 5) is 19.6. The fourth-order valence-electron chi connectivity index (χ4n) is 3.36. The monoisotopic (exact) mass is 385 g/mol. The van der Waals surface area contributed by atoms with Gasteiger partial charge in [-0.1, -0.05) is 12.1 Å². The van der Waals surface area contributed by atoms with Crippen LogP contribution < -0.4 is 5.32 Å². The number of benzene rings is 1. The molecule has 144 valence electrons. The Morgan fingerprint density at radius 3 is 2.54 bits per heavy atom. The van der Waals surface area contributed by atoms with Gasteiger partial charge in [0.2, 0.25) is 0 Å². The van der Waals surface area contributed by atoms with E-state index in [1.54, 1.807) is 6.20 Å². The molecule has 28 heavy (non-hydrogen) atoms. The largest absolute Gasteiger partial charge is 0.416 e. The number of aromatic amines is 1. The van der Waals surface area contributed by atoms with Crippen molar-refractivity contribution in [3.63, 3.8) is 0 Å². The number of nitrogens with one attached hydrogen (secondary N) is 2. The molecule has 0 spiro atoms. The van der Waals surface area contributed by atoms with E-state index in [1.807, 2.05) is 18.2 Å².